The molecule has 0 aliphatic heterocycles. The first-order valence-electron chi connectivity index (χ1n) is 4.41. The van der Waals surface area contributed by atoms with E-state index in [0.29, 0.717) is 19.0 Å². The smallest absolute Gasteiger partial charge is 0.271 e. The van der Waals surface area contributed by atoms with Crippen LogP contribution in [0.1, 0.15) is 20.8 Å². The molecular formula is C8H20N3OP. The first-order chi connectivity index (χ1) is 5.88. The molecule has 4 nitrogen and oxygen atoms in total. The summed E-state index contributed by atoms with van der Waals surface area (Å²) in [4.78, 5) is 0. The monoisotopic (exact) mass is 205 g/mol. The molecule has 0 saturated carbocycles. The average molecular weight is 205 g/mol. The molecule has 0 rings (SSSR count). The quantitative estimate of drug-likeness (QED) is 0.527. The van der Waals surface area contributed by atoms with Crippen LogP contribution in [-0.4, -0.2) is 17.8 Å². The van der Waals surface area contributed by atoms with Crippen molar-refractivity contribution in [3.63, 3.8) is 0 Å². The van der Waals surface area contributed by atoms with Crippen molar-refractivity contribution in [2.45, 2.75) is 20.8 Å². The highest BCUT2D eigenvalue weighted by molar-refractivity contribution is 7.56. The lowest BCUT2D eigenvalue weighted by atomic mass is 10.2. The van der Waals surface area contributed by atoms with Crippen molar-refractivity contribution in [3.05, 3.63) is 12.2 Å². The number of nitrogens with two attached hydrogens (primary N) is 2. The van der Waals surface area contributed by atoms with E-state index in [2.05, 4.69) is 0 Å². The minimum Gasteiger partial charge on any atom is -0.271 e. The minimum atomic E-state index is -3.08. The van der Waals surface area contributed by atoms with Crippen LogP contribution in [-0.2, 0) is 4.57 Å². The fraction of sp³-hybridized carbons (Fsp3) is 0.750. The second kappa shape index (κ2) is 5.55. The molecule has 0 aromatic carbocycles. The Hall–Kier alpha value is -0.150. The molecule has 5 heteroatoms. The van der Waals surface area contributed by atoms with Crippen LogP contribution in [0.3, 0.4) is 0 Å². The van der Waals surface area contributed by atoms with Crippen LogP contribution in [0.5, 0.6) is 0 Å². The lowest BCUT2D eigenvalue weighted by Crippen LogP contribution is -2.32. The average Bonchev–Trinajstić information content (AvgIpc) is 1.95. The number of allylic oxidation sites excluding steroid dienone is 1. The molecular weight excluding hydrogens is 185 g/mol. The van der Waals surface area contributed by atoms with Gasteiger partial charge < -0.3 is 0 Å². The number of nitrogens with zero attached hydrogens (tertiary/aromatic N) is 1. The highest BCUT2D eigenvalue weighted by Gasteiger charge is 2.20. The summed E-state index contributed by atoms with van der Waals surface area (Å²) in [5.74, 6) is 0.408. The molecule has 0 aromatic rings. The van der Waals surface area contributed by atoms with Gasteiger partial charge >= 0.3 is 0 Å². The second-order valence-corrected chi connectivity index (χ2v) is 5.42. The van der Waals surface area contributed by atoms with E-state index in [9.17, 15) is 4.57 Å². The maximum Gasteiger partial charge on any atom is 0.276 e. The minimum absolute atomic E-state index is 0.408. The summed E-state index contributed by atoms with van der Waals surface area (Å²) < 4.78 is 13.0. The van der Waals surface area contributed by atoms with Crippen LogP contribution < -0.4 is 11.0 Å². The first kappa shape index (κ1) is 12.8. The summed E-state index contributed by atoms with van der Waals surface area (Å²) in [6.45, 7) is 7.20. The van der Waals surface area contributed by atoms with E-state index < -0.39 is 7.59 Å². The van der Waals surface area contributed by atoms with Crippen LogP contribution in [0, 0.1) is 5.92 Å². The molecule has 0 aromatic heterocycles. The standard InChI is InChI=1S/C8H20N3OP/c1-4-5-6-11(7-8(2)3)13(9,10)12/h4-5,8H,6-7H2,1-3H3,(H4,9,10,12). The van der Waals surface area contributed by atoms with Crippen molar-refractivity contribution in [1.29, 1.82) is 0 Å². The Kier molecular flexibility index (Phi) is 5.49. The van der Waals surface area contributed by atoms with Gasteiger partial charge in [-0.3, -0.25) is 15.6 Å². The fourth-order valence-corrected chi connectivity index (χ4v) is 1.91. The molecule has 4 N–H and O–H groups in total. The Balaban J connectivity index is 4.28. The van der Waals surface area contributed by atoms with Gasteiger partial charge in [0.1, 0.15) is 0 Å². The lowest BCUT2D eigenvalue weighted by Gasteiger charge is -2.25. The zero-order chi connectivity index (χ0) is 10.5. The highest BCUT2D eigenvalue weighted by Crippen LogP contribution is 2.31. The predicted molar refractivity (Wildman–Crippen MR) is 57.2 cm³/mol. The molecule has 0 saturated heterocycles. The number of rotatable bonds is 5. The molecule has 0 amide bonds. The van der Waals surface area contributed by atoms with Crippen LogP contribution in [0.25, 0.3) is 0 Å². The van der Waals surface area contributed by atoms with Gasteiger partial charge in [0.05, 0.1) is 0 Å². The number of hydrogen-bond acceptors (Lipinski definition) is 1. The molecule has 0 atom stereocenters. The van der Waals surface area contributed by atoms with Gasteiger partial charge in [-0.2, -0.15) is 0 Å². The Labute approximate surface area is 80.5 Å². The molecule has 0 spiro atoms. The third-order valence-electron chi connectivity index (χ3n) is 1.57. The molecule has 0 fully saturated rings. The molecule has 0 unspecified atom stereocenters. The third-order valence-corrected chi connectivity index (χ3v) is 2.78. The Bertz CT molecular complexity index is 209. The topological polar surface area (TPSA) is 72.3 Å². The summed E-state index contributed by atoms with van der Waals surface area (Å²) in [5.41, 5.74) is 10.8. The van der Waals surface area contributed by atoms with Crippen molar-refractivity contribution >= 4 is 7.59 Å². The van der Waals surface area contributed by atoms with Crippen LogP contribution >= 0.6 is 7.59 Å². The van der Waals surface area contributed by atoms with E-state index in [1.807, 2.05) is 32.9 Å². The molecule has 78 valence electrons. The van der Waals surface area contributed by atoms with Crippen molar-refractivity contribution in [3.8, 4) is 0 Å². The van der Waals surface area contributed by atoms with Crippen LogP contribution in [0.4, 0.5) is 0 Å². The van der Waals surface area contributed by atoms with E-state index in [1.165, 1.54) is 0 Å². The fourth-order valence-electron chi connectivity index (χ4n) is 0.978. The number of hydrogen-bond donors (Lipinski definition) is 2. The van der Waals surface area contributed by atoms with Gasteiger partial charge in [-0.15, -0.1) is 0 Å². The predicted octanol–water partition coefficient (Wildman–Crippen LogP) is 1.55. The molecule has 0 bridgehead atoms. The van der Waals surface area contributed by atoms with Gasteiger partial charge in [0.15, 0.2) is 0 Å². The van der Waals surface area contributed by atoms with Gasteiger partial charge in [-0.25, -0.2) is 4.67 Å². The summed E-state index contributed by atoms with van der Waals surface area (Å²) in [6, 6.07) is 0. The molecule has 0 aliphatic rings. The summed E-state index contributed by atoms with van der Waals surface area (Å²) in [6.07, 6.45) is 3.79. The Morgan fingerprint density at radius 2 is 2.00 bits per heavy atom. The molecule has 0 aliphatic carbocycles. The highest BCUT2D eigenvalue weighted by atomic mass is 31.2. The SMILES string of the molecule is CC=CCN(CC(C)C)P(N)(N)=O. The van der Waals surface area contributed by atoms with E-state index in [-0.39, 0.29) is 0 Å². The van der Waals surface area contributed by atoms with Gasteiger partial charge in [0.25, 0.3) is 7.59 Å². The van der Waals surface area contributed by atoms with E-state index in [4.69, 9.17) is 11.0 Å². The van der Waals surface area contributed by atoms with Crippen molar-refractivity contribution < 1.29 is 4.57 Å². The van der Waals surface area contributed by atoms with E-state index >= 15 is 0 Å². The van der Waals surface area contributed by atoms with Gasteiger partial charge in [-0.1, -0.05) is 26.0 Å². The van der Waals surface area contributed by atoms with Crippen molar-refractivity contribution in [2.75, 3.05) is 13.1 Å². The summed E-state index contributed by atoms with van der Waals surface area (Å²) >= 11 is 0. The van der Waals surface area contributed by atoms with E-state index in [0.717, 1.165) is 0 Å². The van der Waals surface area contributed by atoms with Gasteiger partial charge in [0, 0.05) is 13.1 Å². The lowest BCUT2D eigenvalue weighted by molar-refractivity contribution is 0.391. The molecule has 0 radical (unpaired) electrons. The largest absolute Gasteiger partial charge is 0.276 e. The molecule has 13 heavy (non-hydrogen) atoms. The molecule has 0 heterocycles. The second-order valence-electron chi connectivity index (χ2n) is 3.51. The van der Waals surface area contributed by atoms with Gasteiger partial charge in [0.2, 0.25) is 0 Å². The summed E-state index contributed by atoms with van der Waals surface area (Å²) in [5, 5.41) is 0. The zero-order valence-corrected chi connectivity index (χ0v) is 9.50. The zero-order valence-electron chi connectivity index (χ0n) is 8.60. The van der Waals surface area contributed by atoms with Crippen molar-refractivity contribution in [2.24, 2.45) is 16.9 Å². The van der Waals surface area contributed by atoms with Crippen molar-refractivity contribution in [1.82, 2.24) is 4.67 Å². The normalized spacial score (nSPS) is 13.5. The van der Waals surface area contributed by atoms with Gasteiger partial charge in [-0.05, 0) is 12.8 Å². The maximum absolute atomic E-state index is 11.4. The summed E-state index contributed by atoms with van der Waals surface area (Å²) in [7, 11) is -3.08. The van der Waals surface area contributed by atoms with Crippen LogP contribution in [0.15, 0.2) is 12.2 Å². The van der Waals surface area contributed by atoms with E-state index in [1.54, 1.807) is 4.67 Å². The Morgan fingerprint density at radius 1 is 1.46 bits per heavy atom. The third kappa shape index (κ3) is 5.99. The van der Waals surface area contributed by atoms with Crippen LogP contribution in [0.2, 0.25) is 0 Å². The maximum atomic E-state index is 11.4. The Morgan fingerprint density at radius 3 is 2.31 bits per heavy atom. The first-order valence-corrected chi connectivity index (χ1v) is 6.21.